The standard InChI is InChI=1S/C21H21N5O2/c1-13-7-8-14(2)18(9-13)26-20-12-22-19(11-23-20)21(28)25-17-6-4-5-16(10-17)24-15(3)27/h4-12H,1-3H3,(H,23,26)(H,24,27)(H,25,28). The number of rotatable bonds is 5. The fourth-order valence-electron chi connectivity index (χ4n) is 2.59. The summed E-state index contributed by atoms with van der Waals surface area (Å²) < 4.78 is 0. The molecule has 3 rings (SSSR count). The number of carbonyl (C=O) groups is 2. The molecule has 0 atom stereocenters. The van der Waals surface area contributed by atoms with Crippen molar-refractivity contribution in [2.75, 3.05) is 16.0 Å². The minimum Gasteiger partial charge on any atom is -0.339 e. The molecule has 7 heteroatoms. The Hall–Kier alpha value is -3.74. The highest BCUT2D eigenvalue weighted by Gasteiger charge is 2.10. The van der Waals surface area contributed by atoms with Crippen molar-refractivity contribution in [1.29, 1.82) is 0 Å². The highest BCUT2D eigenvalue weighted by Crippen LogP contribution is 2.20. The summed E-state index contributed by atoms with van der Waals surface area (Å²) in [7, 11) is 0. The van der Waals surface area contributed by atoms with Crippen LogP contribution >= 0.6 is 0 Å². The molecule has 2 aromatic carbocycles. The number of nitrogens with zero attached hydrogens (tertiary/aromatic N) is 2. The van der Waals surface area contributed by atoms with Gasteiger partial charge in [-0.2, -0.15) is 0 Å². The highest BCUT2D eigenvalue weighted by molar-refractivity contribution is 6.03. The van der Waals surface area contributed by atoms with Crippen molar-refractivity contribution in [3.63, 3.8) is 0 Å². The summed E-state index contributed by atoms with van der Waals surface area (Å²) in [4.78, 5) is 32.0. The first-order valence-corrected chi connectivity index (χ1v) is 8.76. The summed E-state index contributed by atoms with van der Waals surface area (Å²) in [6, 6.07) is 13.0. The normalized spacial score (nSPS) is 10.2. The Kier molecular flexibility index (Phi) is 5.64. The second-order valence-electron chi connectivity index (χ2n) is 6.45. The van der Waals surface area contributed by atoms with Gasteiger partial charge in [-0.1, -0.05) is 18.2 Å². The van der Waals surface area contributed by atoms with E-state index in [2.05, 4.69) is 25.9 Å². The van der Waals surface area contributed by atoms with Crippen LogP contribution in [0.3, 0.4) is 0 Å². The van der Waals surface area contributed by atoms with Crippen LogP contribution in [0.25, 0.3) is 0 Å². The van der Waals surface area contributed by atoms with Crippen LogP contribution in [-0.4, -0.2) is 21.8 Å². The third kappa shape index (κ3) is 4.91. The lowest BCUT2D eigenvalue weighted by Gasteiger charge is -2.10. The Morgan fingerprint density at radius 2 is 1.64 bits per heavy atom. The van der Waals surface area contributed by atoms with Gasteiger partial charge in [0.1, 0.15) is 11.5 Å². The van der Waals surface area contributed by atoms with E-state index in [1.165, 1.54) is 19.3 Å². The van der Waals surface area contributed by atoms with E-state index in [-0.39, 0.29) is 17.5 Å². The van der Waals surface area contributed by atoms with Gasteiger partial charge in [0.05, 0.1) is 12.4 Å². The average molecular weight is 375 g/mol. The molecule has 28 heavy (non-hydrogen) atoms. The maximum atomic E-state index is 12.4. The molecule has 0 bridgehead atoms. The molecule has 0 aliphatic heterocycles. The maximum Gasteiger partial charge on any atom is 0.275 e. The third-order valence-corrected chi connectivity index (χ3v) is 3.98. The van der Waals surface area contributed by atoms with Gasteiger partial charge in [-0.3, -0.25) is 9.59 Å². The number of nitrogens with one attached hydrogen (secondary N) is 3. The number of benzene rings is 2. The summed E-state index contributed by atoms with van der Waals surface area (Å²) in [5, 5.41) is 8.62. The molecule has 3 N–H and O–H groups in total. The molecule has 0 saturated carbocycles. The zero-order chi connectivity index (χ0) is 20.1. The zero-order valence-electron chi connectivity index (χ0n) is 15.9. The third-order valence-electron chi connectivity index (χ3n) is 3.98. The molecule has 1 aromatic heterocycles. The van der Waals surface area contributed by atoms with Gasteiger partial charge in [0.25, 0.3) is 5.91 Å². The van der Waals surface area contributed by atoms with Gasteiger partial charge >= 0.3 is 0 Å². The number of hydrogen-bond acceptors (Lipinski definition) is 5. The second-order valence-corrected chi connectivity index (χ2v) is 6.45. The summed E-state index contributed by atoms with van der Waals surface area (Å²) in [5.41, 5.74) is 4.52. The lowest BCUT2D eigenvalue weighted by molar-refractivity contribution is -0.114. The van der Waals surface area contributed by atoms with E-state index in [0.717, 1.165) is 16.8 Å². The van der Waals surface area contributed by atoms with Crippen molar-refractivity contribution < 1.29 is 9.59 Å². The van der Waals surface area contributed by atoms with Gasteiger partial charge in [-0.15, -0.1) is 0 Å². The van der Waals surface area contributed by atoms with Crippen molar-refractivity contribution in [1.82, 2.24) is 9.97 Å². The smallest absolute Gasteiger partial charge is 0.275 e. The first kappa shape index (κ1) is 19.0. The van der Waals surface area contributed by atoms with Crippen LogP contribution in [0.1, 0.15) is 28.5 Å². The van der Waals surface area contributed by atoms with Crippen LogP contribution in [0.2, 0.25) is 0 Å². The number of aryl methyl sites for hydroxylation is 2. The topological polar surface area (TPSA) is 96.0 Å². The highest BCUT2D eigenvalue weighted by atomic mass is 16.2. The molecular weight excluding hydrogens is 354 g/mol. The van der Waals surface area contributed by atoms with Gasteiger partial charge in [0, 0.05) is 24.0 Å². The number of hydrogen-bond donors (Lipinski definition) is 3. The second kappa shape index (κ2) is 8.30. The van der Waals surface area contributed by atoms with Crippen molar-refractivity contribution in [2.45, 2.75) is 20.8 Å². The van der Waals surface area contributed by atoms with E-state index in [4.69, 9.17) is 0 Å². The molecule has 0 saturated heterocycles. The van der Waals surface area contributed by atoms with Crippen LogP contribution in [-0.2, 0) is 4.79 Å². The molecule has 0 aliphatic rings. The molecule has 0 spiro atoms. The number of carbonyl (C=O) groups excluding carboxylic acids is 2. The average Bonchev–Trinajstić information content (AvgIpc) is 2.65. The Balaban J connectivity index is 1.68. The Morgan fingerprint density at radius 3 is 2.32 bits per heavy atom. The summed E-state index contributed by atoms with van der Waals surface area (Å²) >= 11 is 0. The van der Waals surface area contributed by atoms with Crippen molar-refractivity contribution in [3.05, 3.63) is 71.7 Å². The Morgan fingerprint density at radius 1 is 0.893 bits per heavy atom. The van der Waals surface area contributed by atoms with E-state index in [9.17, 15) is 9.59 Å². The lowest BCUT2D eigenvalue weighted by atomic mass is 10.1. The molecular formula is C21H21N5O2. The molecule has 2 amide bonds. The van der Waals surface area contributed by atoms with Crippen molar-refractivity contribution in [2.24, 2.45) is 0 Å². The van der Waals surface area contributed by atoms with E-state index < -0.39 is 0 Å². The molecule has 1 heterocycles. The van der Waals surface area contributed by atoms with Gasteiger partial charge in [-0.05, 0) is 49.2 Å². The van der Waals surface area contributed by atoms with Crippen LogP contribution in [0.4, 0.5) is 22.9 Å². The van der Waals surface area contributed by atoms with E-state index in [1.807, 2.05) is 32.0 Å². The summed E-state index contributed by atoms with van der Waals surface area (Å²) in [6.45, 7) is 5.45. The summed E-state index contributed by atoms with van der Waals surface area (Å²) in [5.74, 6) is -0.00931. The van der Waals surface area contributed by atoms with Crippen molar-refractivity contribution in [3.8, 4) is 0 Å². The Labute approximate surface area is 163 Å². The van der Waals surface area contributed by atoms with E-state index >= 15 is 0 Å². The SMILES string of the molecule is CC(=O)Nc1cccc(NC(=O)c2cnc(Nc3cc(C)ccc3C)cn2)c1. The van der Waals surface area contributed by atoms with E-state index in [1.54, 1.807) is 24.3 Å². The minimum absolute atomic E-state index is 0.179. The number of amides is 2. The quantitative estimate of drug-likeness (QED) is 0.625. The Bertz CT molecular complexity index is 1020. The predicted octanol–water partition coefficient (Wildman–Crippen LogP) is 4.05. The number of aromatic nitrogens is 2. The largest absolute Gasteiger partial charge is 0.339 e. The van der Waals surface area contributed by atoms with Crippen LogP contribution in [0.5, 0.6) is 0 Å². The van der Waals surface area contributed by atoms with Crippen LogP contribution < -0.4 is 16.0 Å². The molecule has 0 fully saturated rings. The van der Waals surface area contributed by atoms with E-state index in [0.29, 0.717) is 17.2 Å². The first-order chi connectivity index (χ1) is 13.4. The zero-order valence-corrected chi connectivity index (χ0v) is 15.9. The first-order valence-electron chi connectivity index (χ1n) is 8.76. The van der Waals surface area contributed by atoms with Gasteiger partial charge in [-0.25, -0.2) is 9.97 Å². The molecule has 0 unspecified atom stereocenters. The van der Waals surface area contributed by atoms with Gasteiger partial charge < -0.3 is 16.0 Å². The predicted molar refractivity (Wildman–Crippen MR) is 110 cm³/mol. The van der Waals surface area contributed by atoms with Gasteiger partial charge in [0.15, 0.2) is 0 Å². The fourth-order valence-corrected chi connectivity index (χ4v) is 2.59. The molecule has 0 radical (unpaired) electrons. The summed E-state index contributed by atoms with van der Waals surface area (Å²) in [6.07, 6.45) is 2.94. The minimum atomic E-state index is -0.384. The maximum absolute atomic E-state index is 12.4. The monoisotopic (exact) mass is 375 g/mol. The van der Waals surface area contributed by atoms with Crippen LogP contribution in [0, 0.1) is 13.8 Å². The van der Waals surface area contributed by atoms with Crippen molar-refractivity contribution >= 4 is 34.7 Å². The molecule has 0 aliphatic carbocycles. The fraction of sp³-hybridized carbons (Fsp3) is 0.143. The number of anilines is 4. The van der Waals surface area contributed by atoms with Crippen LogP contribution in [0.15, 0.2) is 54.9 Å². The lowest BCUT2D eigenvalue weighted by Crippen LogP contribution is -2.14. The molecule has 3 aromatic rings. The molecule has 7 nitrogen and oxygen atoms in total. The van der Waals surface area contributed by atoms with Gasteiger partial charge in [0.2, 0.25) is 5.91 Å². The molecule has 142 valence electrons.